The van der Waals surface area contributed by atoms with Gasteiger partial charge in [0.15, 0.2) is 6.29 Å². The smallest absolute Gasteiger partial charge is 0.325 e. The molecule has 41 heavy (non-hydrogen) atoms. The number of urea groups is 1. The number of amides is 2. The highest BCUT2D eigenvalue weighted by Crippen LogP contribution is 2.39. The highest BCUT2D eigenvalue weighted by molar-refractivity contribution is 5.91. The third-order valence-electron chi connectivity index (χ3n) is 7.16. The predicted octanol–water partition coefficient (Wildman–Crippen LogP) is 5.10. The van der Waals surface area contributed by atoms with Crippen LogP contribution in [0.5, 0.6) is 0 Å². The number of hydrogen-bond donors (Lipinski definition) is 3. The van der Waals surface area contributed by atoms with Crippen LogP contribution in [0, 0.1) is 0 Å². The van der Waals surface area contributed by atoms with Crippen molar-refractivity contribution in [1.82, 2.24) is 10.2 Å². The van der Waals surface area contributed by atoms with Crippen LogP contribution >= 0.6 is 0 Å². The Morgan fingerprint density at radius 2 is 1.78 bits per heavy atom. The van der Waals surface area contributed by atoms with Crippen LogP contribution < -0.4 is 10.6 Å². The number of likely N-dealkylation sites (N-methyl/N-ethyl adjacent to an activating group) is 1. The molecule has 1 fully saturated rings. The van der Waals surface area contributed by atoms with Gasteiger partial charge in [0, 0.05) is 30.3 Å². The molecule has 3 aromatic carbocycles. The number of carbonyl (C=O) groups is 2. The molecule has 0 spiro atoms. The van der Waals surface area contributed by atoms with Gasteiger partial charge in [0.2, 0.25) is 0 Å². The molecule has 0 bridgehead atoms. The maximum Gasteiger partial charge on any atom is 0.325 e. The first-order chi connectivity index (χ1) is 19.9. The molecule has 0 radical (unpaired) electrons. The van der Waals surface area contributed by atoms with Gasteiger partial charge in [-0.2, -0.15) is 0 Å². The topological polar surface area (TPSA) is 109 Å². The van der Waals surface area contributed by atoms with E-state index in [9.17, 15) is 14.7 Å². The van der Waals surface area contributed by atoms with Crippen molar-refractivity contribution in [3.8, 4) is 0 Å². The van der Waals surface area contributed by atoms with Crippen molar-refractivity contribution in [3.63, 3.8) is 0 Å². The predicted molar refractivity (Wildman–Crippen MR) is 156 cm³/mol. The van der Waals surface area contributed by atoms with Crippen molar-refractivity contribution in [1.29, 1.82) is 0 Å². The summed E-state index contributed by atoms with van der Waals surface area (Å²) in [5.41, 5.74) is 4.37. The minimum atomic E-state index is -0.666. The number of carbonyl (C=O) groups excluding carboxylic acids is 2. The largest absolute Gasteiger partial charge is 0.465 e. The molecule has 3 aromatic rings. The van der Waals surface area contributed by atoms with Crippen LogP contribution in [0.4, 0.5) is 10.5 Å². The molecular formula is C32H39N3O6. The zero-order chi connectivity index (χ0) is 29.2. The summed E-state index contributed by atoms with van der Waals surface area (Å²) < 4.78 is 17.8. The zero-order valence-electron chi connectivity index (χ0n) is 23.8. The summed E-state index contributed by atoms with van der Waals surface area (Å²) in [6, 6.07) is 25.1. The Bertz CT molecular complexity index is 1270. The summed E-state index contributed by atoms with van der Waals surface area (Å²) >= 11 is 0. The molecule has 1 aliphatic rings. The standard InChI is InChI=1S/C32H39N3O6/c1-4-39-30(37)19-33-32(38)34-27-12-8-11-26(17-27)31-40-28(20-35(3)22(2)24-9-6-5-7-10-24)18-29(41-31)25-15-13-23(21-36)14-16-25/h5-17,22,28-29,31,36H,4,18-21H2,1-3H3,(H2,33,34,38). The zero-order valence-corrected chi connectivity index (χ0v) is 23.8. The van der Waals surface area contributed by atoms with Gasteiger partial charge in [-0.1, -0.05) is 66.7 Å². The van der Waals surface area contributed by atoms with Crippen molar-refractivity contribution in [3.05, 3.63) is 101 Å². The fourth-order valence-electron chi connectivity index (χ4n) is 4.80. The maximum absolute atomic E-state index is 12.3. The highest BCUT2D eigenvalue weighted by atomic mass is 16.7. The Morgan fingerprint density at radius 1 is 1.02 bits per heavy atom. The van der Waals surface area contributed by atoms with Gasteiger partial charge in [0.25, 0.3) is 0 Å². The van der Waals surface area contributed by atoms with E-state index < -0.39 is 18.3 Å². The third-order valence-corrected chi connectivity index (χ3v) is 7.16. The summed E-state index contributed by atoms with van der Waals surface area (Å²) in [6.45, 7) is 4.59. The molecule has 4 atom stereocenters. The SMILES string of the molecule is CCOC(=O)CNC(=O)Nc1cccc(C2OC(CN(C)C(C)c3ccccc3)CC(c3ccc(CO)cc3)O2)c1. The quantitative estimate of drug-likeness (QED) is 0.280. The molecule has 0 aliphatic carbocycles. The number of nitrogens with one attached hydrogen (secondary N) is 2. The molecule has 9 nitrogen and oxygen atoms in total. The van der Waals surface area contributed by atoms with Gasteiger partial charge in [-0.25, -0.2) is 4.79 Å². The lowest BCUT2D eigenvalue weighted by Gasteiger charge is -2.39. The van der Waals surface area contributed by atoms with Crippen molar-refractivity contribution in [2.75, 3.05) is 32.1 Å². The number of benzene rings is 3. The molecule has 4 rings (SSSR count). The van der Waals surface area contributed by atoms with E-state index >= 15 is 0 Å². The van der Waals surface area contributed by atoms with Crippen LogP contribution in [0.3, 0.4) is 0 Å². The summed E-state index contributed by atoms with van der Waals surface area (Å²) in [6.07, 6.45) is -0.357. The van der Waals surface area contributed by atoms with Crippen LogP contribution in [-0.2, 0) is 25.6 Å². The van der Waals surface area contributed by atoms with Crippen molar-refractivity contribution in [2.45, 2.75) is 51.4 Å². The first kappa shape index (κ1) is 30.2. The van der Waals surface area contributed by atoms with Gasteiger partial charge < -0.3 is 30.0 Å². The van der Waals surface area contributed by atoms with Crippen molar-refractivity contribution >= 4 is 17.7 Å². The molecular weight excluding hydrogens is 522 g/mol. The molecule has 1 heterocycles. The molecule has 0 saturated carbocycles. The van der Waals surface area contributed by atoms with Crippen LogP contribution in [0.25, 0.3) is 0 Å². The summed E-state index contributed by atoms with van der Waals surface area (Å²) in [5.74, 6) is -0.504. The molecule has 218 valence electrons. The first-order valence-electron chi connectivity index (χ1n) is 13.9. The highest BCUT2D eigenvalue weighted by Gasteiger charge is 2.33. The number of rotatable bonds is 11. The minimum Gasteiger partial charge on any atom is -0.465 e. The summed E-state index contributed by atoms with van der Waals surface area (Å²) in [5, 5.41) is 14.7. The number of anilines is 1. The lowest BCUT2D eigenvalue weighted by atomic mass is 9.99. The summed E-state index contributed by atoms with van der Waals surface area (Å²) in [4.78, 5) is 26.2. The van der Waals surface area contributed by atoms with E-state index in [0.29, 0.717) is 18.7 Å². The lowest BCUT2D eigenvalue weighted by molar-refractivity contribution is -0.253. The average Bonchev–Trinajstić information content (AvgIpc) is 3.00. The van der Waals surface area contributed by atoms with E-state index in [-0.39, 0.29) is 38.0 Å². The fourth-order valence-corrected chi connectivity index (χ4v) is 4.80. The van der Waals surface area contributed by atoms with Gasteiger partial charge in [-0.15, -0.1) is 0 Å². The fraction of sp³-hybridized carbons (Fsp3) is 0.375. The second-order valence-corrected chi connectivity index (χ2v) is 10.1. The summed E-state index contributed by atoms with van der Waals surface area (Å²) in [7, 11) is 2.09. The van der Waals surface area contributed by atoms with E-state index in [1.807, 2.05) is 54.6 Å². The normalized spacial score (nSPS) is 19.4. The molecule has 0 aromatic heterocycles. The van der Waals surface area contributed by atoms with E-state index in [1.165, 1.54) is 5.56 Å². The number of hydrogen-bond acceptors (Lipinski definition) is 7. The molecule has 9 heteroatoms. The van der Waals surface area contributed by atoms with Gasteiger partial charge in [0.05, 0.1) is 25.4 Å². The number of aliphatic hydroxyl groups excluding tert-OH is 1. The Kier molecular flexibility index (Phi) is 10.9. The van der Waals surface area contributed by atoms with Crippen molar-refractivity contribution < 1.29 is 28.9 Å². The van der Waals surface area contributed by atoms with Gasteiger partial charge in [-0.3, -0.25) is 9.69 Å². The number of esters is 1. The number of aliphatic hydroxyl groups is 1. The van der Waals surface area contributed by atoms with E-state index in [0.717, 1.165) is 16.7 Å². The minimum absolute atomic E-state index is 0.0184. The number of ether oxygens (including phenoxy) is 3. The van der Waals surface area contributed by atoms with Crippen LogP contribution in [0.2, 0.25) is 0 Å². The van der Waals surface area contributed by atoms with Gasteiger partial charge >= 0.3 is 12.0 Å². The Labute approximate surface area is 241 Å². The second-order valence-electron chi connectivity index (χ2n) is 10.1. The molecule has 4 unspecified atom stereocenters. The molecule has 3 N–H and O–H groups in total. The van der Waals surface area contributed by atoms with Gasteiger partial charge in [0.1, 0.15) is 6.54 Å². The number of nitrogens with zero attached hydrogens (tertiary/aromatic N) is 1. The maximum atomic E-state index is 12.3. The van der Waals surface area contributed by atoms with Crippen LogP contribution in [0.1, 0.15) is 61.0 Å². The van der Waals surface area contributed by atoms with E-state index in [4.69, 9.17) is 14.2 Å². The Morgan fingerprint density at radius 3 is 2.49 bits per heavy atom. The second kappa shape index (κ2) is 14.7. The lowest BCUT2D eigenvalue weighted by Crippen LogP contribution is -2.38. The van der Waals surface area contributed by atoms with Crippen LogP contribution in [0.15, 0.2) is 78.9 Å². The van der Waals surface area contributed by atoms with Gasteiger partial charge in [-0.05, 0) is 49.7 Å². The molecule has 2 amide bonds. The average molecular weight is 562 g/mol. The Balaban J connectivity index is 1.49. The molecule has 1 aliphatic heterocycles. The van der Waals surface area contributed by atoms with E-state index in [1.54, 1.807) is 19.1 Å². The third kappa shape index (κ3) is 8.61. The Hall–Kier alpha value is -3.76. The van der Waals surface area contributed by atoms with Crippen LogP contribution in [-0.4, -0.2) is 54.9 Å². The molecule has 1 saturated heterocycles. The van der Waals surface area contributed by atoms with Crippen molar-refractivity contribution in [2.24, 2.45) is 0 Å². The van der Waals surface area contributed by atoms with E-state index in [2.05, 4.69) is 41.6 Å². The first-order valence-corrected chi connectivity index (χ1v) is 13.9. The monoisotopic (exact) mass is 561 g/mol.